The first-order chi connectivity index (χ1) is 10.0. The molecule has 21 heavy (non-hydrogen) atoms. The number of nitrogens with zero attached hydrogens (tertiary/aromatic N) is 2. The summed E-state index contributed by atoms with van der Waals surface area (Å²) in [6, 6.07) is 7.17. The third-order valence-electron chi connectivity index (χ3n) is 2.71. The minimum Gasteiger partial charge on any atom is -0.409 e. The van der Waals surface area contributed by atoms with Gasteiger partial charge in [0.25, 0.3) is 0 Å². The van der Waals surface area contributed by atoms with Crippen molar-refractivity contribution in [3.8, 4) is 0 Å². The molecule has 1 aromatic carbocycles. The largest absolute Gasteiger partial charge is 0.409 e. The summed E-state index contributed by atoms with van der Waals surface area (Å²) in [6.45, 7) is 0.492. The van der Waals surface area contributed by atoms with Crippen LogP contribution in [-0.2, 0) is 6.54 Å². The number of anilines is 1. The predicted octanol–water partition coefficient (Wildman–Crippen LogP) is 3.86. The Morgan fingerprint density at radius 2 is 2.10 bits per heavy atom. The van der Waals surface area contributed by atoms with Gasteiger partial charge in [-0.1, -0.05) is 28.4 Å². The number of nitrogens with two attached hydrogens (primary N) is 1. The summed E-state index contributed by atoms with van der Waals surface area (Å²) in [5.41, 5.74) is 7.52. The molecule has 0 amide bonds. The molecule has 0 saturated carbocycles. The van der Waals surface area contributed by atoms with E-state index in [0.717, 1.165) is 10.0 Å². The van der Waals surface area contributed by atoms with Gasteiger partial charge in [-0.15, -0.1) is 0 Å². The molecule has 0 aliphatic heterocycles. The van der Waals surface area contributed by atoms with Crippen molar-refractivity contribution in [2.24, 2.45) is 10.9 Å². The number of benzene rings is 1. The lowest BCUT2D eigenvalue weighted by atomic mass is 10.2. The Kier molecular flexibility index (Phi) is 5.27. The van der Waals surface area contributed by atoms with Gasteiger partial charge in [-0.25, -0.2) is 0 Å². The Morgan fingerprint density at radius 3 is 2.81 bits per heavy atom. The first-order valence-corrected chi connectivity index (χ1v) is 7.38. The van der Waals surface area contributed by atoms with Gasteiger partial charge >= 0.3 is 0 Å². The Hall–Kier alpha value is -1.50. The maximum Gasteiger partial charge on any atom is 0.188 e. The average Bonchev–Trinajstić information content (AvgIpc) is 2.51. The van der Waals surface area contributed by atoms with Crippen LogP contribution < -0.4 is 11.1 Å². The topological polar surface area (TPSA) is 83.5 Å². The number of amidine groups is 1. The lowest BCUT2D eigenvalue weighted by Gasteiger charge is -2.11. The fourth-order valence-corrected chi connectivity index (χ4v) is 2.48. The highest BCUT2D eigenvalue weighted by Crippen LogP contribution is 2.35. The second-order valence-corrected chi connectivity index (χ2v) is 5.72. The number of hydrogen-bond acceptors (Lipinski definition) is 4. The van der Waals surface area contributed by atoms with E-state index in [4.69, 9.17) is 34.1 Å². The van der Waals surface area contributed by atoms with Gasteiger partial charge in [0.15, 0.2) is 5.84 Å². The molecule has 0 fully saturated rings. The summed E-state index contributed by atoms with van der Waals surface area (Å²) in [5.74, 6) is -0.0402. The zero-order valence-electron chi connectivity index (χ0n) is 10.6. The second kappa shape index (κ2) is 6.98. The normalized spacial score (nSPS) is 11.5. The predicted molar refractivity (Wildman–Crippen MR) is 88.2 cm³/mol. The fraction of sp³-hybridized carbons (Fsp3) is 0.0769. The van der Waals surface area contributed by atoms with Crippen LogP contribution in [0.25, 0.3) is 0 Å². The molecule has 0 spiro atoms. The van der Waals surface area contributed by atoms with Crippen molar-refractivity contribution >= 4 is 50.7 Å². The van der Waals surface area contributed by atoms with Crippen LogP contribution in [0.3, 0.4) is 0 Å². The van der Waals surface area contributed by atoms with Gasteiger partial charge < -0.3 is 16.3 Å². The zero-order chi connectivity index (χ0) is 15.4. The molecule has 2 rings (SSSR count). The highest BCUT2D eigenvalue weighted by molar-refractivity contribution is 9.10. The van der Waals surface area contributed by atoms with Crippen LogP contribution in [0, 0.1) is 0 Å². The van der Waals surface area contributed by atoms with Crippen molar-refractivity contribution in [1.29, 1.82) is 0 Å². The van der Waals surface area contributed by atoms with E-state index in [1.54, 1.807) is 12.3 Å². The smallest absolute Gasteiger partial charge is 0.188 e. The number of nitrogens with one attached hydrogen (secondary N) is 1. The zero-order valence-corrected chi connectivity index (χ0v) is 13.7. The van der Waals surface area contributed by atoms with E-state index >= 15 is 0 Å². The van der Waals surface area contributed by atoms with Gasteiger partial charge in [-0.3, -0.25) is 4.98 Å². The fourth-order valence-electron chi connectivity index (χ4n) is 1.64. The van der Waals surface area contributed by atoms with E-state index in [1.165, 1.54) is 0 Å². The number of pyridine rings is 1. The quantitative estimate of drug-likeness (QED) is 0.244. The average molecular weight is 390 g/mol. The molecule has 0 aliphatic rings. The van der Waals surface area contributed by atoms with Crippen LogP contribution in [0.2, 0.25) is 10.0 Å². The molecular weight excluding hydrogens is 379 g/mol. The molecule has 1 heterocycles. The number of hydrogen-bond donors (Lipinski definition) is 3. The van der Waals surface area contributed by atoms with Crippen molar-refractivity contribution in [3.63, 3.8) is 0 Å². The molecule has 110 valence electrons. The summed E-state index contributed by atoms with van der Waals surface area (Å²) in [4.78, 5) is 4.01. The summed E-state index contributed by atoms with van der Waals surface area (Å²) in [6.07, 6.45) is 1.58. The molecule has 0 unspecified atom stereocenters. The van der Waals surface area contributed by atoms with E-state index in [-0.39, 0.29) is 5.84 Å². The lowest BCUT2D eigenvalue weighted by Crippen LogP contribution is -2.15. The van der Waals surface area contributed by atoms with Gasteiger partial charge in [0.05, 0.1) is 15.7 Å². The van der Waals surface area contributed by atoms with Gasteiger partial charge in [0.2, 0.25) is 0 Å². The molecule has 1 aromatic heterocycles. The third kappa shape index (κ3) is 3.78. The molecule has 0 bridgehead atoms. The molecule has 4 N–H and O–H groups in total. The highest BCUT2D eigenvalue weighted by atomic mass is 79.9. The van der Waals surface area contributed by atoms with Crippen molar-refractivity contribution in [1.82, 2.24) is 4.98 Å². The summed E-state index contributed by atoms with van der Waals surface area (Å²) in [5, 5.41) is 15.6. The first-order valence-electron chi connectivity index (χ1n) is 5.83. The highest BCUT2D eigenvalue weighted by Gasteiger charge is 2.08. The minimum absolute atomic E-state index is 0.0402. The molecule has 0 radical (unpaired) electrons. The number of rotatable bonds is 4. The summed E-state index contributed by atoms with van der Waals surface area (Å²) >= 11 is 15.5. The molecule has 8 heteroatoms. The van der Waals surface area contributed by atoms with Gasteiger partial charge in [-0.2, -0.15) is 0 Å². The van der Waals surface area contributed by atoms with Crippen molar-refractivity contribution in [2.45, 2.75) is 6.54 Å². The van der Waals surface area contributed by atoms with Crippen LogP contribution in [0.1, 0.15) is 11.3 Å². The Labute approximate surface area is 139 Å². The maximum absolute atomic E-state index is 8.65. The molecule has 0 atom stereocenters. The third-order valence-corrected chi connectivity index (χ3v) is 4.48. The standard InChI is InChI=1S/C13H11BrCl2N4O/c14-8-1-2-9(12(16)11(8)15)19-6-7-3-4-18-10(5-7)13(17)20-21/h1-5,19,21H,6H2,(H2,17,20). The van der Waals surface area contributed by atoms with E-state index in [1.807, 2.05) is 18.2 Å². The minimum atomic E-state index is -0.0402. The second-order valence-electron chi connectivity index (χ2n) is 4.11. The Morgan fingerprint density at radius 1 is 1.33 bits per heavy atom. The van der Waals surface area contributed by atoms with E-state index < -0.39 is 0 Å². The number of oxime groups is 1. The van der Waals surface area contributed by atoms with Crippen molar-refractivity contribution < 1.29 is 5.21 Å². The number of halogens is 3. The van der Waals surface area contributed by atoms with Gasteiger partial charge in [0, 0.05) is 17.2 Å². The van der Waals surface area contributed by atoms with Gasteiger partial charge in [0.1, 0.15) is 5.69 Å². The molecular formula is C13H11BrCl2N4O. The van der Waals surface area contributed by atoms with E-state index in [9.17, 15) is 0 Å². The van der Waals surface area contributed by atoms with Gasteiger partial charge in [-0.05, 0) is 45.8 Å². The van der Waals surface area contributed by atoms with E-state index in [2.05, 4.69) is 31.4 Å². The lowest BCUT2D eigenvalue weighted by molar-refractivity contribution is 0.318. The van der Waals surface area contributed by atoms with Crippen LogP contribution >= 0.6 is 39.1 Å². The Bertz CT molecular complexity index is 694. The monoisotopic (exact) mass is 388 g/mol. The van der Waals surface area contributed by atoms with E-state index in [0.29, 0.717) is 28.0 Å². The maximum atomic E-state index is 8.65. The molecule has 2 aromatic rings. The van der Waals surface area contributed by atoms with Crippen molar-refractivity contribution in [3.05, 3.63) is 56.2 Å². The Balaban J connectivity index is 2.15. The molecule has 0 aliphatic carbocycles. The molecule has 0 saturated heterocycles. The van der Waals surface area contributed by atoms with Crippen LogP contribution in [0.15, 0.2) is 40.1 Å². The molecule has 5 nitrogen and oxygen atoms in total. The number of aromatic nitrogens is 1. The van der Waals surface area contributed by atoms with Crippen LogP contribution in [0.5, 0.6) is 0 Å². The summed E-state index contributed by atoms with van der Waals surface area (Å²) < 4.78 is 0.734. The van der Waals surface area contributed by atoms with Crippen LogP contribution in [-0.4, -0.2) is 16.0 Å². The van der Waals surface area contributed by atoms with Crippen molar-refractivity contribution in [2.75, 3.05) is 5.32 Å². The van der Waals surface area contributed by atoms with Crippen LogP contribution in [0.4, 0.5) is 5.69 Å². The summed E-state index contributed by atoms with van der Waals surface area (Å²) in [7, 11) is 0. The first kappa shape index (κ1) is 15.9. The SMILES string of the molecule is N/C(=N/O)c1cc(CNc2ccc(Br)c(Cl)c2Cl)ccn1.